The minimum Gasteiger partial charge on any atom is -0.340 e. The van der Waals surface area contributed by atoms with Crippen molar-refractivity contribution in [2.45, 2.75) is 6.92 Å². The minimum atomic E-state index is -0.140. The largest absolute Gasteiger partial charge is 0.340 e. The van der Waals surface area contributed by atoms with Gasteiger partial charge in [-0.15, -0.1) is 0 Å². The van der Waals surface area contributed by atoms with Gasteiger partial charge in [-0.3, -0.25) is 9.48 Å². The zero-order valence-corrected chi connectivity index (χ0v) is 8.93. The lowest BCUT2D eigenvalue weighted by molar-refractivity contribution is 0.102. The van der Waals surface area contributed by atoms with Crippen LogP contribution in [0.5, 0.6) is 0 Å². The van der Waals surface area contributed by atoms with E-state index in [4.69, 9.17) is 0 Å². The van der Waals surface area contributed by atoms with E-state index in [-0.39, 0.29) is 5.78 Å². The van der Waals surface area contributed by atoms with E-state index < -0.39 is 0 Å². The molecule has 0 aliphatic heterocycles. The molecular weight excluding hydrogens is 192 g/mol. The van der Waals surface area contributed by atoms with Gasteiger partial charge in [-0.05, 0) is 13.0 Å². The van der Waals surface area contributed by atoms with Crippen LogP contribution >= 0.6 is 0 Å². The first-order valence-electron chi connectivity index (χ1n) is 4.61. The van der Waals surface area contributed by atoms with E-state index >= 15 is 0 Å². The van der Waals surface area contributed by atoms with Crippen LogP contribution in [0.25, 0.3) is 0 Å². The molecule has 0 aliphatic carbocycles. The molecular formula is C10H12N4O. The maximum absolute atomic E-state index is 11.9. The Morgan fingerprint density at radius 2 is 2.07 bits per heavy atom. The summed E-state index contributed by atoms with van der Waals surface area (Å²) in [4.78, 5) is 15.9. The van der Waals surface area contributed by atoms with E-state index in [0.717, 1.165) is 5.69 Å². The van der Waals surface area contributed by atoms with Crippen molar-refractivity contribution in [2.75, 3.05) is 0 Å². The molecule has 0 saturated heterocycles. The SMILES string of the molecule is Cc1cc(C(=O)c2cn(C)cn2)nn1C. The average Bonchev–Trinajstić information content (AvgIpc) is 2.74. The third kappa shape index (κ3) is 1.68. The van der Waals surface area contributed by atoms with Gasteiger partial charge >= 0.3 is 0 Å². The van der Waals surface area contributed by atoms with Crippen molar-refractivity contribution in [3.8, 4) is 0 Å². The second-order valence-electron chi connectivity index (χ2n) is 3.55. The van der Waals surface area contributed by atoms with Crippen molar-refractivity contribution in [2.24, 2.45) is 14.1 Å². The fraction of sp³-hybridized carbons (Fsp3) is 0.300. The van der Waals surface area contributed by atoms with Gasteiger partial charge in [0.1, 0.15) is 11.4 Å². The van der Waals surface area contributed by atoms with E-state index in [1.807, 2.05) is 21.0 Å². The zero-order chi connectivity index (χ0) is 11.0. The molecule has 78 valence electrons. The van der Waals surface area contributed by atoms with Gasteiger partial charge in [0.25, 0.3) is 0 Å². The molecule has 5 nitrogen and oxygen atoms in total. The van der Waals surface area contributed by atoms with Crippen molar-refractivity contribution >= 4 is 5.78 Å². The van der Waals surface area contributed by atoms with Crippen LogP contribution in [0.15, 0.2) is 18.6 Å². The predicted molar refractivity (Wildman–Crippen MR) is 54.6 cm³/mol. The number of aromatic nitrogens is 4. The molecule has 2 aromatic heterocycles. The Balaban J connectivity index is 2.36. The summed E-state index contributed by atoms with van der Waals surface area (Å²) < 4.78 is 3.42. The van der Waals surface area contributed by atoms with E-state index in [1.165, 1.54) is 0 Å². The van der Waals surface area contributed by atoms with E-state index in [9.17, 15) is 4.79 Å². The lowest BCUT2D eigenvalue weighted by Gasteiger charge is -1.90. The fourth-order valence-corrected chi connectivity index (χ4v) is 1.33. The highest BCUT2D eigenvalue weighted by Crippen LogP contribution is 2.07. The summed E-state index contributed by atoms with van der Waals surface area (Å²) >= 11 is 0. The average molecular weight is 204 g/mol. The van der Waals surface area contributed by atoms with Gasteiger partial charge in [-0.2, -0.15) is 5.10 Å². The van der Waals surface area contributed by atoms with Crippen molar-refractivity contribution < 1.29 is 4.79 Å². The summed E-state index contributed by atoms with van der Waals surface area (Å²) in [5, 5.41) is 4.11. The molecule has 0 spiro atoms. The highest BCUT2D eigenvalue weighted by Gasteiger charge is 2.15. The number of carbonyl (C=O) groups excluding carboxylic acids is 1. The van der Waals surface area contributed by atoms with Crippen molar-refractivity contribution in [1.82, 2.24) is 19.3 Å². The molecule has 0 saturated carbocycles. The summed E-state index contributed by atoms with van der Waals surface area (Å²) in [6, 6.07) is 1.76. The van der Waals surface area contributed by atoms with Gasteiger partial charge in [0.15, 0.2) is 0 Å². The number of hydrogen-bond acceptors (Lipinski definition) is 3. The Bertz CT molecular complexity index is 490. The zero-order valence-electron chi connectivity index (χ0n) is 8.93. The van der Waals surface area contributed by atoms with E-state index in [0.29, 0.717) is 11.4 Å². The summed E-state index contributed by atoms with van der Waals surface area (Å²) in [5.74, 6) is -0.140. The van der Waals surface area contributed by atoms with Gasteiger partial charge in [0.2, 0.25) is 5.78 Å². The fourth-order valence-electron chi connectivity index (χ4n) is 1.33. The molecule has 2 rings (SSSR count). The highest BCUT2D eigenvalue weighted by atomic mass is 16.1. The van der Waals surface area contributed by atoms with Gasteiger partial charge in [0.05, 0.1) is 6.33 Å². The third-order valence-corrected chi connectivity index (χ3v) is 2.28. The Hall–Kier alpha value is -1.91. The van der Waals surface area contributed by atoms with Gasteiger partial charge in [-0.1, -0.05) is 0 Å². The first kappa shape index (κ1) is 9.64. The Kier molecular flexibility index (Phi) is 2.15. The van der Waals surface area contributed by atoms with Crippen LogP contribution in [0.1, 0.15) is 21.9 Å². The Labute approximate surface area is 87.4 Å². The van der Waals surface area contributed by atoms with E-state index in [1.54, 1.807) is 27.8 Å². The number of carbonyl (C=O) groups is 1. The predicted octanol–water partition coefficient (Wildman–Crippen LogP) is 0.693. The summed E-state index contributed by atoms with van der Waals surface area (Å²) in [5.41, 5.74) is 1.82. The molecule has 2 aromatic rings. The highest BCUT2D eigenvalue weighted by molar-refractivity contribution is 6.06. The monoisotopic (exact) mass is 204 g/mol. The van der Waals surface area contributed by atoms with E-state index in [2.05, 4.69) is 10.1 Å². The van der Waals surface area contributed by atoms with Crippen LogP contribution in [0, 0.1) is 6.92 Å². The first-order chi connectivity index (χ1) is 7.08. The maximum atomic E-state index is 11.9. The summed E-state index contributed by atoms with van der Waals surface area (Å²) in [6.07, 6.45) is 3.29. The smallest absolute Gasteiger partial charge is 0.233 e. The molecule has 0 N–H and O–H groups in total. The number of ketones is 1. The molecule has 2 heterocycles. The van der Waals surface area contributed by atoms with Crippen molar-refractivity contribution in [3.05, 3.63) is 35.7 Å². The van der Waals surface area contributed by atoms with Gasteiger partial charge < -0.3 is 4.57 Å². The summed E-state index contributed by atoms with van der Waals surface area (Å²) in [6.45, 7) is 1.90. The topological polar surface area (TPSA) is 52.7 Å². The normalized spacial score (nSPS) is 10.6. The molecule has 5 heteroatoms. The van der Waals surface area contributed by atoms with Crippen LogP contribution in [0.4, 0.5) is 0 Å². The molecule has 0 amide bonds. The number of rotatable bonds is 2. The van der Waals surface area contributed by atoms with Crippen LogP contribution in [-0.2, 0) is 14.1 Å². The molecule has 0 radical (unpaired) electrons. The number of hydrogen-bond donors (Lipinski definition) is 0. The van der Waals surface area contributed by atoms with Crippen molar-refractivity contribution in [3.63, 3.8) is 0 Å². The lowest BCUT2D eigenvalue weighted by Crippen LogP contribution is -2.03. The quantitative estimate of drug-likeness (QED) is 0.676. The second kappa shape index (κ2) is 3.34. The standard InChI is InChI=1S/C10H12N4O/c1-7-4-8(12-14(7)3)10(15)9-5-13(2)6-11-9/h4-6H,1-3H3. The molecule has 0 aliphatic rings. The third-order valence-electron chi connectivity index (χ3n) is 2.28. The molecule has 0 bridgehead atoms. The van der Waals surface area contributed by atoms with Crippen LogP contribution in [0.3, 0.4) is 0 Å². The molecule has 0 fully saturated rings. The lowest BCUT2D eigenvalue weighted by atomic mass is 10.2. The molecule has 0 aromatic carbocycles. The number of aryl methyl sites for hydroxylation is 3. The first-order valence-corrected chi connectivity index (χ1v) is 4.61. The Morgan fingerprint density at radius 3 is 2.53 bits per heavy atom. The van der Waals surface area contributed by atoms with Crippen LogP contribution in [0.2, 0.25) is 0 Å². The maximum Gasteiger partial charge on any atom is 0.233 e. The number of imidazole rings is 1. The van der Waals surface area contributed by atoms with Gasteiger partial charge in [-0.25, -0.2) is 4.98 Å². The second-order valence-corrected chi connectivity index (χ2v) is 3.55. The summed E-state index contributed by atoms with van der Waals surface area (Å²) in [7, 11) is 3.64. The molecule has 0 unspecified atom stereocenters. The minimum absolute atomic E-state index is 0.140. The van der Waals surface area contributed by atoms with Crippen molar-refractivity contribution in [1.29, 1.82) is 0 Å². The molecule has 0 atom stereocenters. The van der Waals surface area contributed by atoms with Crippen LogP contribution < -0.4 is 0 Å². The molecule has 15 heavy (non-hydrogen) atoms. The van der Waals surface area contributed by atoms with Crippen LogP contribution in [-0.4, -0.2) is 25.1 Å². The van der Waals surface area contributed by atoms with Gasteiger partial charge in [0, 0.05) is 26.0 Å². The Morgan fingerprint density at radius 1 is 1.33 bits per heavy atom. The number of nitrogens with zero attached hydrogens (tertiary/aromatic N) is 4.